The topological polar surface area (TPSA) is 76.4 Å². The summed E-state index contributed by atoms with van der Waals surface area (Å²) in [7, 11) is 1.57. The summed E-state index contributed by atoms with van der Waals surface area (Å²) in [6.45, 7) is 0.543. The highest BCUT2D eigenvalue weighted by molar-refractivity contribution is 5.77. The van der Waals surface area contributed by atoms with Gasteiger partial charge in [-0.25, -0.2) is 4.98 Å². The molecule has 2 aromatic rings. The molecule has 6 heteroatoms. The van der Waals surface area contributed by atoms with Crippen LogP contribution < -0.4 is 15.4 Å². The second kappa shape index (κ2) is 6.44. The van der Waals surface area contributed by atoms with Crippen LogP contribution in [0.2, 0.25) is 0 Å². The lowest BCUT2D eigenvalue weighted by molar-refractivity contribution is -0.122. The molecule has 6 nitrogen and oxygen atoms in total. The van der Waals surface area contributed by atoms with Gasteiger partial charge in [-0.1, -0.05) is 6.07 Å². The van der Waals surface area contributed by atoms with Gasteiger partial charge in [0.1, 0.15) is 11.5 Å². The van der Waals surface area contributed by atoms with Gasteiger partial charge in [-0.15, -0.1) is 0 Å². The van der Waals surface area contributed by atoms with Crippen LogP contribution in [0.5, 0.6) is 5.75 Å². The third kappa shape index (κ3) is 4.02. The number of likely N-dealkylation sites (N-methyl/N-ethyl adjacent to an activating group) is 1. The number of rotatable bonds is 6. The van der Waals surface area contributed by atoms with E-state index in [1.54, 1.807) is 19.3 Å². The summed E-state index contributed by atoms with van der Waals surface area (Å²) in [5.74, 6) is 1.21. The molecule has 100 valence electrons. The quantitative estimate of drug-likeness (QED) is 0.822. The molecule has 2 N–H and O–H groups in total. The van der Waals surface area contributed by atoms with E-state index in [1.165, 1.54) is 6.39 Å². The average Bonchev–Trinajstić information content (AvgIpc) is 2.96. The first-order valence-corrected chi connectivity index (χ1v) is 5.82. The predicted octanol–water partition coefficient (Wildman–Crippen LogP) is 1.41. The highest BCUT2D eigenvalue weighted by Gasteiger charge is 2.02. The van der Waals surface area contributed by atoms with E-state index in [2.05, 4.69) is 15.6 Å². The van der Waals surface area contributed by atoms with Gasteiger partial charge in [-0.3, -0.25) is 4.79 Å². The SMILES string of the molecule is CNC(=O)COc1cccc(NCc2cnco2)c1. The van der Waals surface area contributed by atoms with Crippen LogP contribution in [-0.4, -0.2) is 24.5 Å². The van der Waals surface area contributed by atoms with E-state index in [0.717, 1.165) is 11.4 Å². The first-order chi connectivity index (χ1) is 9.28. The summed E-state index contributed by atoms with van der Waals surface area (Å²) in [5, 5.41) is 5.67. The summed E-state index contributed by atoms with van der Waals surface area (Å²) < 4.78 is 10.5. The standard InChI is InChI=1S/C13H15N3O3/c1-14-13(17)8-18-11-4-2-3-10(5-11)16-7-12-6-15-9-19-12/h2-6,9,16H,7-8H2,1H3,(H,14,17). The number of amides is 1. The first kappa shape index (κ1) is 12.9. The summed E-state index contributed by atoms with van der Waals surface area (Å²) in [6.07, 6.45) is 3.04. The third-order valence-corrected chi connectivity index (χ3v) is 2.43. The molecule has 0 unspecified atom stereocenters. The Labute approximate surface area is 110 Å². The number of hydrogen-bond donors (Lipinski definition) is 2. The molecular weight excluding hydrogens is 246 g/mol. The molecule has 0 atom stereocenters. The fourth-order valence-corrected chi connectivity index (χ4v) is 1.44. The number of nitrogens with one attached hydrogen (secondary N) is 2. The van der Waals surface area contributed by atoms with E-state index in [-0.39, 0.29) is 12.5 Å². The molecule has 0 saturated heterocycles. The van der Waals surface area contributed by atoms with Crippen LogP contribution >= 0.6 is 0 Å². The zero-order chi connectivity index (χ0) is 13.5. The Hall–Kier alpha value is -2.50. The van der Waals surface area contributed by atoms with Gasteiger partial charge in [0, 0.05) is 18.8 Å². The fraction of sp³-hybridized carbons (Fsp3) is 0.231. The lowest BCUT2D eigenvalue weighted by atomic mass is 10.3. The van der Waals surface area contributed by atoms with E-state index < -0.39 is 0 Å². The lowest BCUT2D eigenvalue weighted by Crippen LogP contribution is -2.24. The number of aromatic nitrogens is 1. The van der Waals surface area contributed by atoms with Gasteiger partial charge in [0.05, 0.1) is 12.7 Å². The summed E-state index contributed by atoms with van der Waals surface area (Å²) in [4.78, 5) is 14.9. The number of carbonyl (C=O) groups excluding carboxylic acids is 1. The molecule has 0 radical (unpaired) electrons. The fourth-order valence-electron chi connectivity index (χ4n) is 1.44. The van der Waals surface area contributed by atoms with Crippen LogP contribution in [0.15, 0.2) is 41.3 Å². The van der Waals surface area contributed by atoms with E-state index >= 15 is 0 Å². The van der Waals surface area contributed by atoms with Crippen molar-refractivity contribution in [2.75, 3.05) is 19.0 Å². The maximum absolute atomic E-state index is 11.1. The molecule has 2 rings (SSSR count). The van der Waals surface area contributed by atoms with Crippen molar-refractivity contribution in [1.29, 1.82) is 0 Å². The summed E-state index contributed by atoms with van der Waals surface area (Å²) >= 11 is 0. The van der Waals surface area contributed by atoms with E-state index in [1.807, 2.05) is 18.2 Å². The summed E-state index contributed by atoms with van der Waals surface area (Å²) in [6, 6.07) is 7.37. The smallest absolute Gasteiger partial charge is 0.257 e. The third-order valence-electron chi connectivity index (χ3n) is 2.43. The van der Waals surface area contributed by atoms with Gasteiger partial charge >= 0.3 is 0 Å². The first-order valence-electron chi connectivity index (χ1n) is 5.82. The largest absolute Gasteiger partial charge is 0.484 e. The van der Waals surface area contributed by atoms with E-state index in [4.69, 9.17) is 9.15 Å². The minimum atomic E-state index is -0.167. The molecule has 1 amide bonds. The van der Waals surface area contributed by atoms with Gasteiger partial charge in [-0.05, 0) is 12.1 Å². The Morgan fingerprint density at radius 3 is 3.11 bits per heavy atom. The number of carbonyl (C=O) groups is 1. The van der Waals surface area contributed by atoms with Crippen molar-refractivity contribution in [1.82, 2.24) is 10.3 Å². The number of anilines is 1. The van der Waals surface area contributed by atoms with Gasteiger partial charge < -0.3 is 19.8 Å². The highest BCUT2D eigenvalue weighted by atomic mass is 16.5. The van der Waals surface area contributed by atoms with Crippen molar-refractivity contribution >= 4 is 11.6 Å². The Morgan fingerprint density at radius 2 is 2.37 bits per heavy atom. The van der Waals surface area contributed by atoms with Crippen molar-refractivity contribution in [3.05, 3.63) is 42.6 Å². The van der Waals surface area contributed by atoms with E-state index in [0.29, 0.717) is 12.3 Å². The second-order valence-corrected chi connectivity index (χ2v) is 3.81. The maximum Gasteiger partial charge on any atom is 0.257 e. The van der Waals surface area contributed by atoms with Crippen molar-refractivity contribution in [2.24, 2.45) is 0 Å². The van der Waals surface area contributed by atoms with Crippen molar-refractivity contribution < 1.29 is 13.9 Å². The molecule has 0 aliphatic heterocycles. The Balaban J connectivity index is 1.89. The van der Waals surface area contributed by atoms with Crippen LogP contribution in [0, 0.1) is 0 Å². The molecule has 19 heavy (non-hydrogen) atoms. The normalized spacial score (nSPS) is 9.95. The van der Waals surface area contributed by atoms with Gasteiger partial charge in [-0.2, -0.15) is 0 Å². The molecular formula is C13H15N3O3. The molecule has 1 aromatic heterocycles. The second-order valence-electron chi connectivity index (χ2n) is 3.81. The monoisotopic (exact) mass is 261 g/mol. The Morgan fingerprint density at radius 1 is 1.47 bits per heavy atom. The molecule has 1 aromatic carbocycles. The Kier molecular flexibility index (Phi) is 4.39. The molecule has 0 aliphatic carbocycles. The van der Waals surface area contributed by atoms with Crippen LogP contribution in [0.25, 0.3) is 0 Å². The van der Waals surface area contributed by atoms with Crippen LogP contribution in [0.3, 0.4) is 0 Å². The number of benzene rings is 1. The Bertz CT molecular complexity index is 526. The molecule has 0 fully saturated rings. The number of hydrogen-bond acceptors (Lipinski definition) is 5. The average molecular weight is 261 g/mol. The summed E-state index contributed by atoms with van der Waals surface area (Å²) in [5.41, 5.74) is 0.880. The van der Waals surface area contributed by atoms with Crippen molar-refractivity contribution in [3.8, 4) is 5.75 Å². The molecule has 0 saturated carbocycles. The number of nitrogens with zero attached hydrogens (tertiary/aromatic N) is 1. The van der Waals surface area contributed by atoms with E-state index in [9.17, 15) is 4.79 Å². The molecule has 1 heterocycles. The van der Waals surface area contributed by atoms with Crippen LogP contribution in [0.4, 0.5) is 5.69 Å². The molecule has 0 spiro atoms. The van der Waals surface area contributed by atoms with Gasteiger partial charge in [0.25, 0.3) is 5.91 Å². The molecule has 0 aliphatic rings. The zero-order valence-corrected chi connectivity index (χ0v) is 10.6. The highest BCUT2D eigenvalue weighted by Crippen LogP contribution is 2.17. The predicted molar refractivity (Wildman–Crippen MR) is 69.8 cm³/mol. The minimum Gasteiger partial charge on any atom is -0.484 e. The number of ether oxygens (including phenoxy) is 1. The van der Waals surface area contributed by atoms with Crippen molar-refractivity contribution in [3.63, 3.8) is 0 Å². The lowest BCUT2D eigenvalue weighted by Gasteiger charge is -2.08. The zero-order valence-electron chi connectivity index (χ0n) is 10.6. The van der Waals surface area contributed by atoms with Crippen LogP contribution in [0.1, 0.15) is 5.76 Å². The maximum atomic E-state index is 11.1. The number of oxazole rings is 1. The molecule has 0 bridgehead atoms. The van der Waals surface area contributed by atoms with Crippen molar-refractivity contribution in [2.45, 2.75) is 6.54 Å². The van der Waals surface area contributed by atoms with Gasteiger partial charge in [0.2, 0.25) is 0 Å². The minimum absolute atomic E-state index is 0.00204. The van der Waals surface area contributed by atoms with Crippen LogP contribution in [-0.2, 0) is 11.3 Å². The van der Waals surface area contributed by atoms with Gasteiger partial charge in [0.15, 0.2) is 13.0 Å².